The van der Waals surface area contributed by atoms with Crippen LogP contribution in [0.2, 0.25) is 0 Å². The summed E-state index contributed by atoms with van der Waals surface area (Å²) in [4.78, 5) is 13.4. The number of benzene rings is 1. The minimum absolute atomic E-state index is 0.0217. The van der Waals surface area contributed by atoms with E-state index in [1.165, 1.54) is 0 Å². The summed E-state index contributed by atoms with van der Waals surface area (Å²) in [6, 6.07) is 13.4. The molecule has 0 aliphatic heterocycles. The molecular formula is C22H18N6O2. The van der Waals surface area contributed by atoms with Gasteiger partial charge in [-0.25, -0.2) is 9.97 Å². The SMILES string of the molecule is Nc1ncc(-c2cnn(CCO)c2)cc1-c1nc2cccc(-c3ccccn3)c2o1. The van der Waals surface area contributed by atoms with Crippen molar-refractivity contribution in [1.82, 2.24) is 24.7 Å². The van der Waals surface area contributed by atoms with Crippen LogP contribution >= 0.6 is 0 Å². The third-order valence-corrected chi connectivity index (χ3v) is 4.80. The zero-order chi connectivity index (χ0) is 20.5. The molecule has 4 heterocycles. The average molecular weight is 398 g/mol. The molecule has 5 rings (SSSR count). The van der Waals surface area contributed by atoms with Crippen LogP contribution in [0.1, 0.15) is 0 Å². The number of aliphatic hydroxyl groups excluding tert-OH is 1. The van der Waals surface area contributed by atoms with Gasteiger partial charge in [-0.1, -0.05) is 12.1 Å². The number of aliphatic hydroxyl groups is 1. The Morgan fingerprint density at radius 1 is 1.00 bits per heavy atom. The van der Waals surface area contributed by atoms with Crippen LogP contribution in [-0.2, 0) is 6.54 Å². The highest BCUT2D eigenvalue weighted by Gasteiger charge is 2.17. The van der Waals surface area contributed by atoms with Crippen molar-refractivity contribution >= 4 is 16.9 Å². The Hall–Kier alpha value is -4.04. The molecule has 4 aromatic heterocycles. The number of nitrogens with zero attached hydrogens (tertiary/aromatic N) is 5. The van der Waals surface area contributed by atoms with Crippen LogP contribution in [0.4, 0.5) is 5.82 Å². The van der Waals surface area contributed by atoms with E-state index in [9.17, 15) is 0 Å². The van der Waals surface area contributed by atoms with E-state index in [1.54, 1.807) is 23.3 Å². The minimum atomic E-state index is 0.0217. The highest BCUT2D eigenvalue weighted by molar-refractivity contribution is 5.91. The molecule has 0 bridgehead atoms. The Morgan fingerprint density at radius 3 is 2.77 bits per heavy atom. The molecule has 0 amide bonds. The largest absolute Gasteiger partial charge is 0.435 e. The van der Waals surface area contributed by atoms with Crippen molar-refractivity contribution in [3.63, 3.8) is 0 Å². The van der Waals surface area contributed by atoms with Crippen LogP contribution < -0.4 is 5.73 Å². The fourth-order valence-corrected chi connectivity index (χ4v) is 3.33. The smallest absolute Gasteiger partial charge is 0.231 e. The third kappa shape index (κ3) is 3.19. The van der Waals surface area contributed by atoms with E-state index in [1.807, 2.05) is 48.7 Å². The second-order valence-corrected chi connectivity index (χ2v) is 6.76. The Morgan fingerprint density at radius 2 is 1.93 bits per heavy atom. The van der Waals surface area contributed by atoms with Gasteiger partial charge in [0.25, 0.3) is 0 Å². The van der Waals surface area contributed by atoms with Gasteiger partial charge in [-0.05, 0) is 30.3 Å². The normalized spacial score (nSPS) is 11.2. The second-order valence-electron chi connectivity index (χ2n) is 6.76. The van der Waals surface area contributed by atoms with E-state index in [0.717, 1.165) is 22.4 Å². The summed E-state index contributed by atoms with van der Waals surface area (Å²) in [5.41, 5.74) is 11.5. The van der Waals surface area contributed by atoms with Crippen molar-refractivity contribution in [1.29, 1.82) is 0 Å². The molecule has 8 heteroatoms. The lowest BCUT2D eigenvalue weighted by molar-refractivity contribution is 0.269. The van der Waals surface area contributed by atoms with Gasteiger partial charge >= 0.3 is 0 Å². The molecule has 0 spiro atoms. The zero-order valence-electron chi connectivity index (χ0n) is 15.9. The monoisotopic (exact) mass is 398 g/mol. The lowest BCUT2D eigenvalue weighted by Gasteiger charge is -2.04. The van der Waals surface area contributed by atoms with E-state index in [0.29, 0.717) is 34.9 Å². The number of pyridine rings is 2. The first-order chi connectivity index (χ1) is 14.7. The molecule has 148 valence electrons. The predicted octanol–water partition coefficient (Wildman–Crippen LogP) is 3.39. The molecule has 0 unspecified atom stereocenters. The third-order valence-electron chi connectivity index (χ3n) is 4.80. The second kappa shape index (κ2) is 7.41. The molecule has 3 N–H and O–H groups in total. The topological polar surface area (TPSA) is 116 Å². The molecule has 0 radical (unpaired) electrons. The lowest BCUT2D eigenvalue weighted by atomic mass is 10.1. The van der Waals surface area contributed by atoms with E-state index >= 15 is 0 Å². The summed E-state index contributed by atoms with van der Waals surface area (Å²) in [6.45, 7) is 0.449. The number of para-hydroxylation sites is 1. The van der Waals surface area contributed by atoms with Crippen LogP contribution in [0.15, 0.2) is 71.7 Å². The summed E-state index contributed by atoms with van der Waals surface area (Å²) in [5.74, 6) is 0.718. The number of rotatable bonds is 5. The average Bonchev–Trinajstić information content (AvgIpc) is 3.42. The predicted molar refractivity (Wildman–Crippen MR) is 113 cm³/mol. The number of oxazole rings is 1. The zero-order valence-corrected chi connectivity index (χ0v) is 15.9. The van der Waals surface area contributed by atoms with Gasteiger partial charge in [0.15, 0.2) is 5.58 Å². The molecule has 0 saturated carbocycles. The molecule has 30 heavy (non-hydrogen) atoms. The maximum atomic E-state index is 9.09. The summed E-state index contributed by atoms with van der Waals surface area (Å²) in [5, 5.41) is 13.3. The van der Waals surface area contributed by atoms with Crippen molar-refractivity contribution in [2.45, 2.75) is 6.54 Å². The number of nitrogen functional groups attached to an aromatic ring is 1. The standard InChI is InChI=1S/C22H18N6O2/c23-21-17(10-14(11-25-21)15-12-26-28(13-15)8-9-29)22-27-19-6-3-4-16(20(19)30-22)18-5-1-2-7-24-18/h1-7,10-13,29H,8-9H2,(H2,23,25). The maximum Gasteiger partial charge on any atom is 0.231 e. The number of nitrogens with two attached hydrogens (primary N) is 1. The van der Waals surface area contributed by atoms with Gasteiger partial charge in [0.05, 0.1) is 30.6 Å². The lowest BCUT2D eigenvalue weighted by Crippen LogP contribution is -2.01. The molecule has 5 aromatic rings. The molecule has 0 fully saturated rings. The van der Waals surface area contributed by atoms with Crippen LogP contribution in [0, 0.1) is 0 Å². The Labute approximate surface area is 171 Å². The van der Waals surface area contributed by atoms with Gasteiger partial charge in [0.1, 0.15) is 11.3 Å². The molecule has 8 nitrogen and oxygen atoms in total. The van der Waals surface area contributed by atoms with Crippen molar-refractivity contribution in [3.05, 3.63) is 67.3 Å². The summed E-state index contributed by atoms with van der Waals surface area (Å²) >= 11 is 0. The van der Waals surface area contributed by atoms with Gasteiger partial charge in [-0.2, -0.15) is 5.10 Å². The summed E-state index contributed by atoms with van der Waals surface area (Å²) in [7, 11) is 0. The van der Waals surface area contributed by atoms with Crippen LogP contribution in [0.25, 0.3) is 44.9 Å². The molecule has 0 atom stereocenters. The van der Waals surface area contributed by atoms with Gasteiger partial charge in [-0.3, -0.25) is 9.67 Å². The van der Waals surface area contributed by atoms with E-state index in [4.69, 9.17) is 15.3 Å². The van der Waals surface area contributed by atoms with Gasteiger partial charge in [-0.15, -0.1) is 0 Å². The minimum Gasteiger partial charge on any atom is -0.435 e. The molecule has 0 aliphatic carbocycles. The Kier molecular flexibility index (Phi) is 4.45. The fourth-order valence-electron chi connectivity index (χ4n) is 3.33. The number of hydrogen-bond acceptors (Lipinski definition) is 7. The van der Waals surface area contributed by atoms with Crippen molar-refractivity contribution in [2.24, 2.45) is 0 Å². The van der Waals surface area contributed by atoms with Crippen molar-refractivity contribution in [2.75, 3.05) is 12.3 Å². The highest BCUT2D eigenvalue weighted by atomic mass is 16.3. The summed E-state index contributed by atoms with van der Waals surface area (Å²) < 4.78 is 7.80. The van der Waals surface area contributed by atoms with Crippen molar-refractivity contribution < 1.29 is 9.52 Å². The maximum absolute atomic E-state index is 9.09. The van der Waals surface area contributed by atoms with Crippen LogP contribution in [0.3, 0.4) is 0 Å². The first-order valence-corrected chi connectivity index (χ1v) is 9.43. The molecular weight excluding hydrogens is 380 g/mol. The molecule has 1 aromatic carbocycles. The highest BCUT2D eigenvalue weighted by Crippen LogP contribution is 2.34. The first-order valence-electron chi connectivity index (χ1n) is 9.43. The van der Waals surface area contributed by atoms with Crippen molar-refractivity contribution in [3.8, 4) is 33.8 Å². The van der Waals surface area contributed by atoms with E-state index < -0.39 is 0 Å². The fraction of sp³-hybridized carbons (Fsp3) is 0.0909. The quantitative estimate of drug-likeness (QED) is 0.466. The van der Waals surface area contributed by atoms with Gasteiger partial charge < -0.3 is 15.3 Å². The number of aromatic nitrogens is 5. The van der Waals surface area contributed by atoms with Crippen LogP contribution in [-0.4, -0.2) is 36.4 Å². The Balaban J connectivity index is 1.60. The number of hydrogen-bond donors (Lipinski definition) is 2. The Bertz CT molecular complexity index is 1330. The molecule has 0 aliphatic rings. The van der Waals surface area contributed by atoms with Crippen LogP contribution in [0.5, 0.6) is 0 Å². The van der Waals surface area contributed by atoms with E-state index in [2.05, 4.69) is 20.1 Å². The van der Waals surface area contributed by atoms with E-state index in [-0.39, 0.29) is 6.61 Å². The first kappa shape index (κ1) is 18.0. The molecule has 0 saturated heterocycles. The van der Waals surface area contributed by atoms with Gasteiger partial charge in [0.2, 0.25) is 5.89 Å². The number of fused-ring (bicyclic) bond motifs is 1. The summed E-state index contributed by atoms with van der Waals surface area (Å²) in [6.07, 6.45) is 6.99. The van der Waals surface area contributed by atoms with Gasteiger partial charge in [0, 0.05) is 35.3 Å². The number of anilines is 1.